The molecule has 2 N–H and O–H groups in total. The van der Waals surface area contributed by atoms with Crippen LogP contribution in [0.5, 0.6) is 0 Å². The molecular formula is C29H34N6O4. The third-order valence-electron chi connectivity index (χ3n) is 7.23. The Labute approximate surface area is 226 Å². The molecule has 10 heteroatoms. The zero-order valence-corrected chi connectivity index (χ0v) is 22.5. The molecule has 10 nitrogen and oxygen atoms in total. The van der Waals surface area contributed by atoms with E-state index in [1.54, 1.807) is 0 Å². The lowest BCUT2D eigenvalue weighted by Crippen LogP contribution is -2.46. The predicted molar refractivity (Wildman–Crippen MR) is 147 cm³/mol. The van der Waals surface area contributed by atoms with Gasteiger partial charge in [0.15, 0.2) is 0 Å². The van der Waals surface area contributed by atoms with Crippen LogP contribution < -0.4 is 16.3 Å². The van der Waals surface area contributed by atoms with Gasteiger partial charge in [-0.15, -0.1) is 10.2 Å². The van der Waals surface area contributed by atoms with Crippen molar-refractivity contribution in [2.24, 2.45) is 5.92 Å². The Morgan fingerprint density at radius 1 is 1.08 bits per heavy atom. The van der Waals surface area contributed by atoms with E-state index in [-0.39, 0.29) is 30.1 Å². The van der Waals surface area contributed by atoms with Crippen LogP contribution in [0.1, 0.15) is 60.4 Å². The third kappa shape index (κ3) is 5.70. The fourth-order valence-electron chi connectivity index (χ4n) is 5.25. The Morgan fingerprint density at radius 3 is 2.54 bits per heavy atom. The van der Waals surface area contributed by atoms with Gasteiger partial charge in [0.2, 0.25) is 17.6 Å². The average molecular weight is 531 g/mol. The lowest BCUT2D eigenvalue weighted by Gasteiger charge is -2.23. The van der Waals surface area contributed by atoms with E-state index >= 15 is 0 Å². The molecule has 1 aliphatic rings. The first-order chi connectivity index (χ1) is 18.8. The van der Waals surface area contributed by atoms with Crippen molar-refractivity contribution in [2.75, 3.05) is 13.1 Å². The van der Waals surface area contributed by atoms with E-state index in [4.69, 9.17) is 4.42 Å². The Morgan fingerprint density at radius 2 is 1.82 bits per heavy atom. The molecular weight excluding hydrogens is 496 g/mol. The van der Waals surface area contributed by atoms with Crippen LogP contribution in [0.3, 0.4) is 0 Å². The number of carbonyl (C=O) groups excluding carboxylic acids is 2. The number of rotatable bonds is 9. The van der Waals surface area contributed by atoms with Gasteiger partial charge < -0.3 is 15.1 Å². The van der Waals surface area contributed by atoms with E-state index in [1.165, 1.54) is 4.57 Å². The summed E-state index contributed by atoms with van der Waals surface area (Å²) >= 11 is 0. The van der Waals surface area contributed by atoms with Gasteiger partial charge in [-0.3, -0.25) is 18.7 Å². The van der Waals surface area contributed by atoms with Crippen LogP contribution in [0.2, 0.25) is 0 Å². The van der Waals surface area contributed by atoms with Crippen molar-refractivity contribution in [3.05, 3.63) is 81.9 Å². The maximum atomic E-state index is 13.5. The third-order valence-corrected chi connectivity index (χ3v) is 7.23. The topological polar surface area (TPSA) is 124 Å². The van der Waals surface area contributed by atoms with Gasteiger partial charge in [0.05, 0.1) is 23.5 Å². The van der Waals surface area contributed by atoms with Crippen molar-refractivity contribution in [2.45, 2.75) is 58.7 Å². The highest BCUT2D eigenvalue weighted by Crippen LogP contribution is 2.23. The van der Waals surface area contributed by atoms with Gasteiger partial charge in [0, 0.05) is 6.04 Å². The molecule has 0 bridgehead atoms. The Hall–Kier alpha value is -4.05. The molecule has 1 aliphatic heterocycles. The van der Waals surface area contributed by atoms with Crippen molar-refractivity contribution in [3.8, 4) is 0 Å². The highest BCUT2D eigenvalue weighted by atomic mass is 16.4. The van der Waals surface area contributed by atoms with Gasteiger partial charge in [-0.25, -0.2) is 4.79 Å². The van der Waals surface area contributed by atoms with E-state index in [9.17, 15) is 14.4 Å². The molecule has 1 atom stereocenters. The second-order valence-electron chi connectivity index (χ2n) is 10.5. The van der Waals surface area contributed by atoms with Gasteiger partial charge in [-0.05, 0) is 56.5 Å². The standard InChI is InChI=1S/C29H34N6O4/c1-18(2)26(27(37)28-33-32-25(39-28)16-20-8-6-7-19(3)15-20)31-24(36)17-34-22-9-4-5-10-23(22)35(29(34)38)21-11-13-30-14-12-21/h4-10,15,18,21,26,30H,11-14,16-17H2,1-3H3,(H,31,36)/t26-/m0/s1. The first-order valence-corrected chi connectivity index (χ1v) is 13.4. The SMILES string of the molecule is Cc1cccc(Cc2nnc(C(=O)[C@@H](NC(=O)Cn3c(=O)n(C4CCNCC4)c4ccccc43)C(C)C)o2)c1. The molecule has 39 heavy (non-hydrogen) atoms. The molecule has 204 valence electrons. The fourth-order valence-corrected chi connectivity index (χ4v) is 5.25. The smallest absolute Gasteiger partial charge is 0.329 e. The van der Waals surface area contributed by atoms with Crippen LogP contribution in [0.4, 0.5) is 0 Å². The quantitative estimate of drug-likeness (QED) is 0.319. The Balaban J connectivity index is 1.33. The van der Waals surface area contributed by atoms with Crippen molar-refractivity contribution in [1.82, 2.24) is 30.0 Å². The normalized spacial score (nSPS) is 15.1. The van der Waals surface area contributed by atoms with E-state index < -0.39 is 17.7 Å². The maximum absolute atomic E-state index is 13.5. The van der Waals surface area contributed by atoms with Gasteiger partial charge in [-0.2, -0.15) is 0 Å². The molecule has 4 aromatic rings. The molecule has 0 saturated carbocycles. The highest BCUT2D eigenvalue weighted by Gasteiger charge is 2.30. The molecule has 2 aromatic heterocycles. The number of aryl methyl sites for hydroxylation is 1. The van der Waals surface area contributed by atoms with Crippen LogP contribution in [0.25, 0.3) is 11.0 Å². The zero-order chi connectivity index (χ0) is 27.5. The lowest BCUT2D eigenvalue weighted by atomic mass is 9.99. The van der Waals surface area contributed by atoms with Crippen LogP contribution in [0, 0.1) is 12.8 Å². The molecule has 1 saturated heterocycles. The second-order valence-corrected chi connectivity index (χ2v) is 10.5. The number of hydrogen-bond donors (Lipinski definition) is 2. The zero-order valence-electron chi connectivity index (χ0n) is 22.5. The summed E-state index contributed by atoms with van der Waals surface area (Å²) in [7, 11) is 0. The first-order valence-electron chi connectivity index (χ1n) is 13.4. The molecule has 1 fully saturated rings. The minimum atomic E-state index is -0.877. The minimum absolute atomic E-state index is 0.0736. The summed E-state index contributed by atoms with van der Waals surface area (Å²) in [4.78, 5) is 40.0. The number of Topliss-reactive ketones (excluding diaryl/α,β-unsaturated/α-hetero) is 1. The highest BCUT2D eigenvalue weighted by molar-refractivity contribution is 5.98. The molecule has 2 aromatic carbocycles. The summed E-state index contributed by atoms with van der Waals surface area (Å²) < 4.78 is 8.98. The molecule has 3 heterocycles. The van der Waals surface area contributed by atoms with Crippen LogP contribution in [-0.4, -0.2) is 50.2 Å². The maximum Gasteiger partial charge on any atom is 0.329 e. The number of aromatic nitrogens is 4. The summed E-state index contributed by atoms with van der Waals surface area (Å²) in [6, 6.07) is 14.6. The average Bonchev–Trinajstić information content (AvgIpc) is 3.49. The largest absolute Gasteiger partial charge is 0.418 e. The second kappa shape index (κ2) is 11.4. The summed E-state index contributed by atoms with van der Waals surface area (Å²) in [5.74, 6) is -0.935. The minimum Gasteiger partial charge on any atom is -0.418 e. The molecule has 0 radical (unpaired) electrons. The van der Waals surface area contributed by atoms with Crippen LogP contribution >= 0.6 is 0 Å². The Bertz CT molecular complexity index is 1540. The van der Waals surface area contributed by atoms with E-state index in [2.05, 4.69) is 20.8 Å². The molecule has 0 unspecified atom stereocenters. The summed E-state index contributed by atoms with van der Waals surface area (Å²) in [6.45, 7) is 7.16. The number of carbonyl (C=O) groups is 2. The van der Waals surface area contributed by atoms with Crippen molar-refractivity contribution in [1.29, 1.82) is 0 Å². The van der Waals surface area contributed by atoms with E-state index in [0.717, 1.165) is 42.6 Å². The van der Waals surface area contributed by atoms with E-state index in [1.807, 2.05) is 73.9 Å². The number of piperidine rings is 1. The number of nitrogens with one attached hydrogen (secondary N) is 2. The Kier molecular flexibility index (Phi) is 7.74. The number of ketones is 1. The van der Waals surface area contributed by atoms with Crippen molar-refractivity contribution in [3.63, 3.8) is 0 Å². The fraction of sp³-hybridized carbons (Fsp3) is 0.414. The van der Waals surface area contributed by atoms with Crippen LogP contribution in [0.15, 0.2) is 57.7 Å². The molecule has 1 amide bonds. The number of hydrogen-bond acceptors (Lipinski definition) is 7. The predicted octanol–water partition coefficient (Wildman–Crippen LogP) is 3.03. The molecule has 0 aliphatic carbocycles. The first kappa shape index (κ1) is 26.6. The molecule has 0 spiro atoms. The number of amides is 1. The van der Waals surface area contributed by atoms with Crippen LogP contribution in [-0.2, 0) is 17.8 Å². The molecule has 5 rings (SSSR count). The number of imidazole rings is 1. The summed E-state index contributed by atoms with van der Waals surface area (Å²) in [5, 5.41) is 14.1. The number of nitrogens with zero attached hydrogens (tertiary/aromatic N) is 4. The number of para-hydroxylation sites is 2. The van der Waals surface area contributed by atoms with Gasteiger partial charge in [0.1, 0.15) is 6.54 Å². The van der Waals surface area contributed by atoms with Gasteiger partial charge in [-0.1, -0.05) is 55.8 Å². The number of fused-ring (bicyclic) bond motifs is 1. The van der Waals surface area contributed by atoms with Crippen molar-refractivity contribution < 1.29 is 14.0 Å². The number of benzene rings is 2. The summed E-state index contributed by atoms with van der Waals surface area (Å²) in [5.41, 5.74) is 3.40. The van der Waals surface area contributed by atoms with Gasteiger partial charge >= 0.3 is 5.69 Å². The van der Waals surface area contributed by atoms with Crippen molar-refractivity contribution >= 4 is 22.7 Å². The van der Waals surface area contributed by atoms with Gasteiger partial charge in [0.25, 0.3) is 5.89 Å². The summed E-state index contributed by atoms with van der Waals surface area (Å²) in [6.07, 6.45) is 2.10. The lowest BCUT2D eigenvalue weighted by molar-refractivity contribution is -0.122. The monoisotopic (exact) mass is 530 g/mol. The van der Waals surface area contributed by atoms with E-state index in [0.29, 0.717) is 17.8 Å².